The second-order valence-corrected chi connectivity index (χ2v) is 12.9. The van der Waals surface area contributed by atoms with E-state index in [0.717, 1.165) is 11.4 Å². The predicted octanol–water partition coefficient (Wildman–Crippen LogP) is 10.6. The van der Waals surface area contributed by atoms with Gasteiger partial charge in [0.2, 0.25) is 0 Å². The number of nitrogens with one attached hydrogen (secondary N) is 1. The molecule has 0 radical (unpaired) electrons. The fourth-order valence-corrected chi connectivity index (χ4v) is 7.59. The van der Waals surface area contributed by atoms with Crippen LogP contribution < -0.4 is 11.1 Å². The zero-order chi connectivity index (χ0) is 30.0. The third-order valence-corrected chi connectivity index (χ3v) is 9.87. The summed E-state index contributed by atoms with van der Waals surface area (Å²) in [4.78, 5) is 0. The van der Waals surface area contributed by atoms with Gasteiger partial charge in [-0.2, -0.15) is 0 Å². The molecule has 2 nitrogen and oxygen atoms in total. The number of benzene rings is 6. The largest absolute Gasteiger partial charge is 0.397 e. The van der Waals surface area contributed by atoms with Gasteiger partial charge in [-0.3, -0.25) is 0 Å². The Morgan fingerprint density at radius 3 is 1.91 bits per heavy atom. The first-order chi connectivity index (χ1) is 21.4. The number of hydrogen-bond acceptors (Lipinski definition) is 2. The van der Waals surface area contributed by atoms with E-state index in [0.29, 0.717) is 0 Å². The third kappa shape index (κ3) is 4.02. The Morgan fingerprint density at radius 1 is 0.636 bits per heavy atom. The molecule has 0 saturated heterocycles. The first kappa shape index (κ1) is 26.5. The highest BCUT2D eigenvalue weighted by Crippen LogP contribution is 2.51. The minimum absolute atomic E-state index is 0.0453. The van der Waals surface area contributed by atoms with Crippen LogP contribution in [-0.4, -0.2) is 6.04 Å². The van der Waals surface area contributed by atoms with Gasteiger partial charge in [-0.15, -0.1) is 0 Å². The molecule has 2 aliphatic rings. The lowest BCUT2D eigenvalue weighted by atomic mass is 9.80. The fraction of sp³-hybridized carbons (Fsp3) is 0.143. The fourth-order valence-electron chi connectivity index (χ4n) is 7.59. The number of nitrogens with two attached hydrogens (primary N) is 1. The summed E-state index contributed by atoms with van der Waals surface area (Å²) in [5, 5.41) is 8.79. The van der Waals surface area contributed by atoms with Gasteiger partial charge < -0.3 is 11.1 Å². The second kappa shape index (κ2) is 9.99. The number of hydrogen-bond donors (Lipinski definition) is 2. The Morgan fingerprint density at radius 2 is 1.23 bits per heavy atom. The number of anilines is 2. The van der Waals surface area contributed by atoms with Crippen LogP contribution in [0.1, 0.15) is 37.5 Å². The molecule has 0 heterocycles. The van der Waals surface area contributed by atoms with Crippen molar-refractivity contribution >= 4 is 38.5 Å². The molecule has 3 N–H and O–H groups in total. The third-order valence-electron chi connectivity index (χ3n) is 9.87. The first-order valence-corrected chi connectivity index (χ1v) is 15.6. The molecule has 214 valence electrons. The monoisotopic (exact) mass is 568 g/mol. The molecule has 0 spiro atoms. The van der Waals surface area contributed by atoms with Crippen molar-refractivity contribution in [3.63, 3.8) is 0 Å². The summed E-state index contributed by atoms with van der Waals surface area (Å²) in [6, 6.07) is 42.0. The van der Waals surface area contributed by atoms with Gasteiger partial charge in [-0.25, -0.2) is 0 Å². The van der Waals surface area contributed by atoms with Crippen LogP contribution in [0.3, 0.4) is 0 Å². The molecule has 0 amide bonds. The van der Waals surface area contributed by atoms with Gasteiger partial charge in [0.05, 0.1) is 17.4 Å². The molecule has 6 aromatic carbocycles. The summed E-state index contributed by atoms with van der Waals surface area (Å²) in [7, 11) is 0. The summed E-state index contributed by atoms with van der Waals surface area (Å²) in [6.45, 7) is 7.00. The van der Waals surface area contributed by atoms with Gasteiger partial charge >= 0.3 is 0 Å². The number of nitrogen functional groups attached to an aromatic ring is 1. The minimum Gasteiger partial charge on any atom is -0.397 e. The molecule has 0 fully saturated rings. The van der Waals surface area contributed by atoms with E-state index in [1.54, 1.807) is 0 Å². The number of para-hydroxylation sites is 2. The van der Waals surface area contributed by atoms with E-state index < -0.39 is 0 Å². The van der Waals surface area contributed by atoms with Gasteiger partial charge in [0.25, 0.3) is 0 Å². The SMILES string of the molecule is CC1C=C(c2c3ccccc3c(-c3ccc4c(c3)C(C)(C)c3ccccc3-4)c3ccccc23)C=CC1Nc1ccccc1N. The van der Waals surface area contributed by atoms with Crippen LogP contribution in [0.4, 0.5) is 11.4 Å². The smallest absolute Gasteiger partial charge is 0.0578 e. The quantitative estimate of drug-likeness (QED) is 0.164. The van der Waals surface area contributed by atoms with Crippen LogP contribution in [0.5, 0.6) is 0 Å². The Bertz CT molecular complexity index is 2110. The molecule has 2 heteroatoms. The molecule has 2 atom stereocenters. The Balaban J connectivity index is 1.28. The summed E-state index contributed by atoms with van der Waals surface area (Å²) in [6.07, 6.45) is 7.00. The first-order valence-electron chi connectivity index (χ1n) is 15.6. The predicted molar refractivity (Wildman–Crippen MR) is 189 cm³/mol. The normalized spacial score (nSPS) is 18.2. The van der Waals surface area contributed by atoms with Gasteiger partial charge in [0, 0.05) is 5.41 Å². The van der Waals surface area contributed by atoms with Crippen LogP contribution in [0.2, 0.25) is 0 Å². The highest BCUT2D eigenvalue weighted by Gasteiger charge is 2.35. The molecular formula is C42H36N2. The van der Waals surface area contributed by atoms with E-state index in [4.69, 9.17) is 5.73 Å². The molecule has 0 bridgehead atoms. The summed E-state index contributed by atoms with van der Waals surface area (Å²) < 4.78 is 0. The summed E-state index contributed by atoms with van der Waals surface area (Å²) >= 11 is 0. The van der Waals surface area contributed by atoms with Crippen molar-refractivity contribution in [3.8, 4) is 22.3 Å². The maximum atomic E-state index is 6.25. The van der Waals surface area contributed by atoms with E-state index in [1.165, 1.54) is 66.1 Å². The molecule has 0 aliphatic heterocycles. The van der Waals surface area contributed by atoms with E-state index in [1.807, 2.05) is 24.3 Å². The van der Waals surface area contributed by atoms with Crippen molar-refractivity contribution in [1.82, 2.24) is 0 Å². The van der Waals surface area contributed by atoms with Gasteiger partial charge in [-0.05, 0) is 90.2 Å². The van der Waals surface area contributed by atoms with Crippen molar-refractivity contribution in [2.24, 2.45) is 5.92 Å². The van der Waals surface area contributed by atoms with Crippen molar-refractivity contribution in [3.05, 3.63) is 150 Å². The van der Waals surface area contributed by atoms with Crippen LogP contribution in [0.25, 0.3) is 49.4 Å². The lowest BCUT2D eigenvalue weighted by molar-refractivity contribution is 0.660. The Kier molecular flexibility index (Phi) is 6.03. The highest BCUT2D eigenvalue weighted by molar-refractivity contribution is 6.19. The average molecular weight is 569 g/mol. The topological polar surface area (TPSA) is 38.0 Å². The van der Waals surface area contributed by atoms with Gasteiger partial charge in [0.15, 0.2) is 0 Å². The minimum atomic E-state index is -0.0453. The Labute approximate surface area is 259 Å². The Hall–Kier alpha value is -5.08. The molecule has 0 aromatic heterocycles. The maximum absolute atomic E-state index is 6.25. The molecule has 0 saturated carbocycles. The molecule has 44 heavy (non-hydrogen) atoms. The molecule has 2 unspecified atom stereocenters. The number of fused-ring (bicyclic) bond motifs is 5. The van der Waals surface area contributed by atoms with E-state index in [2.05, 4.69) is 135 Å². The van der Waals surface area contributed by atoms with Crippen molar-refractivity contribution < 1.29 is 0 Å². The number of allylic oxidation sites excluding steroid dienone is 2. The van der Waals surface area contributed by atoms with Crippen molar-refractivity contribution in [2.75, 3.05) is 11.1 Å². The lowest BCUT2D eigenvalue weighted by Gasteiger charge is -2.27. The zero-order valence-electron chi connectivity index (χ0n) is 25.4. The number of rotatable bonds is 4. The van der Waals surface area contributed by atoms with Gasteiger partial charge in [0.1, 0.15) is 0 Å². The summed E-state index contributed by atoms with van der Waals surface area (Å²) in [5.41, 5.74) is 18.6. The maximum Gasteiger partial charge on any atom is 0.0578 e. The molecule has 8 rings (SSSR count). The standard InChI is InChI=1S/C42H36N2/c1-26-24-27(21-23-38(26)44-39-19-11-10-18-37(39)43)40-31-13-4-6-15-33(31)41(34-16-7-5-14-32(34)40)28-20-22-30-29-12-8-9-17-35(29)42(2,3)36(30)25-28/h4-26,38,44H,43H2,1-3H3. The van der Waals surface area contributed by atoms with Crippen LogP contribution in [-0.2, 0) is 5.41 Å². The lowest BCUT2D eigenvalue weighted by Crippen LogP contribution is -2.26. The van der Waals surface area contributed by atoms with Crippen LogP contribution in [0, 0.1) is 5.92 Å². The molecule has 2 aliphatic carbocycles. The molecular weight excluding hydrogens is 532 g/mol. The zero-order valence-corrected chi connectivity index (χ0v) is 25.4. The van der Waals surface area contributed by atoms with Crippen LogP contribution >= 0.6 is 0 Å². The van der Waals surface area contributed by atoms with E-state index in [9.17, 15) is 0 Å². The molecule has 6 aromatic rings. The van der Waals surface area contributed by atoms with Crippen LogP contribution in [0.15, 0.2) is 133 Å². The highest BCUT2D eigenvalue weighted by atomic mass is 14.9. The van der Waals surface area contributed by atoms with Crippen molar-refractivity contribution in [2.45, 2.75) is 32.2 Å². The second-order valence-electron chi connectivity index (χ2n) is 12.9. The van der Waals surface area contributed by atoms with E-state index >= 15 is 0 Å². The van der Waals surface area contributed by atoms with E-state index in [-0.39, 0.29) is 17.4 Å². The average Bonchev–Trinajstić information content (AvgIpc) is 3.27. The van der Waals surface area contributed by atoms with Gasteiger partial charge in [-0.1, -0.05) is 136 Å². The summed E-state index contributed by atoms with van der Waals surface area (Å²) in [5.74, 6) is 0.285. The van der Waals surface area contributed by atoms with Crippen molar-refractivity contribution in [1.29, 1.82) is 0 Å².